The van der Waals surface area contributed by atoms with Crippen molar-refractivity contribution in [2.45, 2.75) is 24.5 Å². The number of amides is 1. The third-order valence-electron chi connectivity index (χ3n) is 6.03. The Morgan fingerprint density at radius 3 is 2.27 bits per heavy atom. The van der Waals surface area contributed by atoms with Crippen LogP contribution in [-0.2, 0) is 4.74 Å². The van der Waals surface area contributed by atoms with Gasteiger partial charge in [0.15, 0.2) is 0 Å². The van der Waals surface area contributed by atoms with E-state index in [1.807, 2.05) is 24.3 Å². The number of fused-ring (bicyclic) bond motifs is 3. The molecule has 172 valence electrons. The molecule has 0 heterocycles. The third kappa shape index (κ3) is 4.79. The van der Waals surface area contributed by atoms with Crippen molar-refractivity contribution in [3.8, 4) is 16.9 Å². The number of aliphatic hydroxyl groups excluding tert-OH is 2. The quantitative estimate of drug-likeness (QED) is 0.392. The number of hydrogen-bond donors (Lipinski definition) is 4. The summed E-state index contributed by atoms with van der Waals surface area (Å²) in [5.74, 6) is 0.545. The van der Waals surface area contributed by atoms with Crippen LogP contribution in [0.15, 0.2) is 66.7 Å². The number of benzene rings is 3. The second kappa shape index (κ2) is 9.94. The first-order valence-electron chi connectivity index (χ1n) is 10.9. The monoisotopic (exact) mass is 448 g/mol. The molecule has 0 saturated carbocycles. The highest BCUT2D eigenvalue weighted by molar-refractivity contribution is 5.79. The van der Waals surface area contributed by atoms with Crippen LogP contribution in [0.2, 0.25) is 0 Å². The van der Waals surface area contributed by atoms with E-state index in [2.05, 4.69) is 29.6 Å². The number of nitrogens with two attached hydrogens (primary N) is 1. The predicted molar refractivity (Wildman–Crippen MR) is 126 cm³/mol. The molecule has 3 aromatic rings. The molecule has 1 amide bonds. The Morgan fingerprint density at radius 2 is 1.67 bits per heavy atom. The van der Waals surface area contributed by atoms with E-state index in [-0.39, 0.29) is 25.5 Å². The number of anilines is 1. The van der Waals surface area contributed by atoms with Crippen molar-refractivity contribution in [2.75, 3.05) is 26.0 Å². The normalized spacial score (nSPS) is 14.2. The van der Waals surface area contributed by atoms with Gasteiger partial charge in [-0.05, 0) is 34.7 Å². The highest BCUT2D eigenvalue weighted by Gasteiger charge is 2.29. The molecule has 0 fully saturated rings. The minimum absolute atomic E-state index is 0.0198. The summed E-state index contributed by atoms with van der Waals surface area (Å²) < 4.78 is 10.6. The van der Waals surface area contributed by atoms with Gasteiger partial charge in [0.05, 0.1) is 13.2 Å². The van der Waals surface area contributed by atoms with Gasteiger partial charge in [0.1, 0.15) is 18.5 Å². The topological polar surface area (TPSA) is 114 Å². The van der Waals surface area contributed by atoms with Gasteiger partial charge in [-0.2, -0.15) is 0 Å². The molecule has 2 atom stereocenters. The molecule has 0 aliphatic heterocycles. The lowest BCUT2D eigenvalue weighted by Gasteiger charge is -2.20. The number of carbonyl (C=O) groups is 1. The lowest BCUT2D eigenvalue weighted by atomic mass is 9.98. The number of nitrogen functional groups attached to an aromatic ring is 1. The summed E-state index contributed by atoms with van der Waals surface area (Å²) in [7, 11) is 1.52. The standard InChI is InChI=1S/C26H28N2O5/c1-32-16-10-11-21(23(27)14-16)25(30)24(29)12-13-28-26(31)33-15-22-19-8-4-2-6-17(19)18-7-3-5-9-20(18)22/h2-11,14,22,24-25,29-30H,12-13,15,27H2,1H3,(H,28,31). The van der Waals surface area contributed by atoms with E-state index in [1.54, 1.807) is 18.2 Å². The van der Waals surface area contributed by atoms with Crippen molar-refractivity contribution in [2.24, 2.45) is 0 Å². The summed E-state index contributed by atoms with van der Waals surface area (Å²) in [6, 6.07) is 21.1. The number of rotatable bonds is 8. The van der Waals surface area contributed by atoms with Crippen LogP contribution in [0.25, 0.3) is 11.1 Å². The lowest BCUT2D eigenvalue weighted by Crippen LogP contribution is -2.30. The Hall–Kier alpha value is -3.55. The molecule has 0 spiro atoms. The van der Waals surface area contributed by atoms with Crippen molar-refractivity contribution in [1.29, 1.82) is 0 Å². The van der Waals surface area contributed by atoms with Gasteiger partial charge in [0, 0.05) is 29.8 Å². The second-order valence-electron chi connectivity index (χ2n) is 8.05. The van der Waals surface area contributed by atoms with Gasteiger partial charge in [0.2, 0.25) is 0 Å². The average molecular weight is 449 g/mol. The first kappa shape index (κ1) is 22.6. The van der Waals surface area contributed by atoms with Gasteiger partial charge in [0.25, 0.3) is 0 Å². The van der Waals surface area contributed by atoms with E-state index in [0.717, 1.165) is 22.3 Å². The maximum Gasteiger partial charge on any atom is 0.407 e. The van der Waals surface area contributed by atoms with E-state index in [0.29, 0.717) is 17.0 Å². The smallest absolute Gasteiger partial charge is 0.407 e. The van der Waals surface area contributed by atoms with Crippen LogP contribution >= 0.6 is 0 Å². The largest absolute Gasteiger partial charge is 0.497 e. The zero-order valence-electron chi connectivity index (χ0n) is 18.4. The summed E-state index contributed by atoms with van der Waals surface area (Å²) in [6.07, 6.45) is -2.71. The summed E-state index contributed by atoms with van der Waals surface area (Å²) in [5.41, 5.74) is 11.3. The van der Waals surface area contributed by atoms with Crippen molar-refractivity contribution in [1.82, 2.24) is 5.32 Å². The zero-order chi connectivity index (χ0) is 23.4. The van der Waals surface area contributed by atoms with Crippen LogP contribution in [-0.4, -0.2) is 42.7 Å². The van der Waals surface area contributed by atoms with Gasteiger partial charge in [-0.1, -0.05) is 54.6 Å². The Labute approximate surface area is 192 Å². The Bertz CT molecular complexity index is 1090. The number of methoxy groups -OCH3 is 1. The van der Waals surface area contributed by atoms with Crippen molar-refractivity contribution >= 4 is 11.8 Å². The SMILES string of the molecule is COc1ccc(C(O)C(O)CCNC(=O)OCC2c3ccccc3-c3ccccc32)c(N)c1. The molecule has 0 bridgehead atoms. The molecule has 2 unspecified atom stereocenters. The number of nitrogens with one attached hydrogen (secondary N) is 1. The van der Waals surface area contributed by atoms with Gasteiger partial charge in [-0.15, -0.1) is 0 Å². The Morgan fingerprint density at radius 1 is 1.03 bits per heavy atom. The fourth-order valence-corrected chi connectivity index (χ4v) is 4.29. The van der Waals surface area contributed by atoms with E-state index in [1.165, 1.54) is 7.11 Å². The van der Waals surface area contributed by atoms with Gasteiger partial charge < -0.3 is 30.7 Å². The number of hydrogen-bond acceptors (Lipinski definition) is 6. The van der Waals surface area contributed by atoms with Crippen LogP contribution in [0.1, 0.15) is 35.1 Å². The molecule has 0 saturated heterocycles. The second-order valence-corrected chi connectivity index (χ2v) is 8.05. The maximum atomic E-state index is 12.3. The zero-order valence-corrected chi connectivity index (χ0v) is 18.4. The number of alkyl carbamates (subject to hydrolysis) is 1. The summed E-state index contributed by atoms with van der Waals surface area (Å²) >= 11 is 0. The molecule has 0 aromatic heterocycles. The minimum Gasteiger partial charge on any atom is -0.497 e. The highest BCUT2D eigenvalue weighted by Crippen LogP contribution is 2.44. The molecule has 1 aliphatic carbocycles. The molecular weight excluding hydrogens is 420 g/mol. The average Bonchev–Trinajstić information content (AvgIpc) is 3.16. The molecule has 5 N–H and O–H groups in total. The van der Waals surface area contributed by atoms with E-state index in [4.69, 9.17) is 15.2 Å². The Kier molecular flexibility index (Phi) is 6.82. The van der Waals surface area contributed by atoms with Gasteiger partial charge in [-0.25, -0.2) is 4.79 Å². The molecule has 0 radical (unpaired) electrons. The van der Waals surface area contributed by atoms with Crippen LogP contribution in [0.5, 0.6) is 5.75 Å². The molecule has 1 aliphatic rings. The van der Waals surface area contributed by atoms with Crippen LogP contribution in [0, 0.1) is 0 Å². The predicted octanol–water partition coefficient (Wildman–Crippen LogP) is 3.60. The molecular formula is C26H28N2O5. The molecule has 4 rings (SSSR count). The van der Waals surface area contributed by atoms with E-state index in [9.17, 15) is 15.0 Å². The fraction of sp³-hybridized carbons (Fsp3) is 0.269. The highest BCUT2D eigenvalue weighted by atomic mass is 16.5. The molecule has 7 nitrogen and oxygen atoms in total. The fourth-order valence-electron chi connectivity index (χ4n) is 4.29. The number of aliphatic hydroxyl groups is 2. The van der Waals surface area contributed by atoms with Crippen molar-refractivity contribution in [3.05, 3.63) is 83.4 Å². The summed E-state index contributed by atoms with van der Waals surface area (Å²) in [5, 5.41) is 23.4. The van der Waals surface area contributed by atoms with Crippen LogP contribution < -0.4 is 15.8 Å². The third-order valence-corrected chi connectivity index (χ3v) is 6.03. The van der Waals surface area contributed by atoms with Gasteiger partial charge in [-0.3, -0.25) is 0 Å². The Balaban J connectivity index is 1.28. The number of ether oxygens (including phenoxy) is 2. The maximum absolute atomic E-state index is 12.3. The van der Waals surface area contributed by atoms with E-state index < -0.39 is 18.3 Å². The van der Waals surface area contributed by atoms with E-state index >= 15 is 0 Å². The lowest BCUT2D eigenvalue weighted by molar-refractivity contribution is 0.0140. The van der Waals surface area contributed by atoms with Gasteiger partial charge >= 0.3 is 6.09 Å². The van der Waals surface area contributed by atoms with Crippen LogP contribution in [0.3, 0.4) is 0 Å². The first-order valence-corrected chi connectivity index (χ1v) is 10.9. The van der Waals surface area contributed by atoms with Crippen LogP contribution in [0.4, 0.5) is 10.5 Å². The minimum atomic E-state index is -1.18. The van der Waals surface area contributed by atoms with Crippen molar-refractivity contribution < 1.29 is 24.5 Å². The molecule has 3 aromatic carbocycles. The summed E-state index contributed by atoms with van der Waals surface area (Å²) in [4.78, 5) is 12.3. The molecule has 7 heteroatoms. The summed E-state index contributed by atoms with van der Waals surface area (Å²) in [6.45, 7) is 0.360. The number of carbonyl (C=O) groups excluding carboxylic acids is 1. The van der Waals surface area contributed by atoms with Crippen molar-refractivity contribution in [3.63, 3.8) is 0 Å². The molecule has 33 heavy (non-hydrogen) atoms. The first-order chi connectivity index (χ1) is 16.0.